The van der Waals surface area contributed by atoms with Gasteiger partial charge in [0, 0.05) is 30.9 Å². The molecule has 1 aromatic heterocycles. The Labute approximate surface area is 331 Å². The molecule has 0 radical (unpaired) electrons. The third-order valence-corrected chi connectivity index (χ3v) is 12.0. The molecule has 2 aromatic carbocycles. The van der Waals surface area contributed by atoms with Crippen LogP contribution in [-0.2, 0) is 25.5 Å². The molecule has 7 atom stereocenters. The van der Waals surface area contributed by atoms with Gasteiger partial charge in [-0.05, 0) is 67.8 Å². The monoisotopic (exact) mass is 775 g/mol. The molecule has 0 bridgehead atoms. The summed E-state index contributed by atoms with van der Waals surface area (Å²) in [6, 6.07) is 16.6. The summed E-state index contributed by atoms with van der Waals surface area (Å²) in [5.74, 6) is -1.60. The van der Waals surface area contributed by atoms with Crippen molar-refractivity contribution in [1.82, 2.24) is 25.4 Å². The number of methoxy groups -OCH3 is 1. The van der Waals surface area contributed by atoms with Gasteiger partial charge >= 0.3 is 5.97 Å². The van der Waals surface area contributed by atoms with Crippen LogP contribution >= 0.6 is 11.3 Å². The van der Waals surface area contributed by atoms with E-state index in [0.29, 0.717) is 24.3 Å². The number of rotatable bonds is 18. The molecule has 3 aromatic rings. The van der Waals surface area contributed by atoms with E-state index in [0.717, 1.165) is 42.5 Å². The lowest BCUT2D eigenvalue weighted by Crippen LogP contribution is -2.58. The highest BCUT2D eigenvalue weighted by Crippen LogP contribution is 2.29. The quantitative estimate of drug-likeness (QED) is 0.129. The van der Waals surface area contributed by atoms with E-state index in [1.165, 1.54) is 18.4 Å². The molecule has 55 heavy (non-hydrogen) atoms. The van der Waals surface area contributed by atoms with E-state index < -0.39 is 24.0 Å². The van der Waals surface area contributed by atoms with Crippen LogP contribution in [0.2, 0.25) is 0 Å². The van der Waals surface area contributed by atoms with Crippen LogP contribution in [0.3, 0.4) is 0 Å². The largest absolute Gasteiger partial charge is 0.469 e. The van der Waals surface area contributed by atoms with Gasteiger partial charge in [-0.15, -0.1) is 11.3 Å². The van der Waals surface area contributed by atoms with Crippen molar-refractivity contribution in [2.75, 3.05) is 27.7 Å². The van der Waals surface area contributed by atoms with Crippen LogP contribution in [0, 0.1) is 17.8 Å². The second-order valence-electron chi connectivity index (χ2n) is 15.5. The fourth-order valence-corrected chi connectivity index (χ4v) is 8.20. The normalized spacial score (nSPS) is 18.0. The third-order valence-electron chi connectivity index (χ3n) is 11.1. The Balaban J connectivity index is 1.44. The molecule has 0 saturated carbocycles. The molecule has 3 amide bonds. The SMILES string of the molecule is CCC(C)[C@H](NC(=O)[C@H]1CCCCN1C)C(=O)N(C)C(C[C@@H](O)c1nc(C(=O)N[C@@H](Cc2ccc(-c3ccccc3)cc2)C[C@H](C)C(=O)OC)cs1)C(C)C. The highest BCUT2D eigenvalue weighted by atomic mass is 32.1. The fraction of sp³-hybridized carbons (Fsp3) is 0.558. The standard InChI is InChI=1S/C43H61N5O6S/c1-9-28(4)38(46-40(51)35-17-13-14-22-47(35)6)42(52)48(7)36(27(2)3)25-37(49)41-45-34(26-55-41)39(50)44-33(23-29(5)43(53)54-8)24-30-18-20-32(21-19-30)31-15-11-10-12-16-31/h10-12,15-16,18-21,26-29,33,35-38,49H,9,13-14,17,22-25H2,1-8H3,(H,44,50)(H,46,51)/t28?,29-,33+,35+,36?,37+,38-/m0/s1. The minimum Gasteiger partial charge on any atom is -0.469 e. The molecule has 3 N–H and O–H groups in total. The second kappa shape index (κ2) is 20.7. The number of hydrogen-bond acceptors (Lipinski definition) is 9. The molecule has 2 heterocycles. The summed E-state index contributed by atoms with van der Waals surface area (Å²) in [5, 5.41) is 19.6. The maximum Gasteiger partial charge on any atom is 0.308 e. The van der Waals surface area contributed by atoms with Gasteiger partial charge in [-0.3, -0.25) is 24.1 Å². The number of aromatic nitrogens is 1. The number of hydrogen-bond donors (Lipinski definition) is 3. The lowest BCUT2D eigenvalue weighted by molar-refractivity contribution is -0.145. The minimum absolute atomic E-state index is 0.0107. The van der Waals surface area contributed by atoms with Crippen LogP contribution in [0.15, 0.2) is 60.0 Å². The van der Waals surface area contributed by atoms with Crippen LogP contribution in [0.25, 0.3) is 11.1 Å². The maximum absolute atomic E-state index is 14.1. The Kier molecular flexibility index (Phi) is 16.4. The number of aliphatic hydroxyl groups is 1. The van der Waals surface area contributed by atoms with E-state index >= 15 is 0 Å². The molecular weight excluding hydrogens is 715 g/mol. The number of likely N-dealkylation sites (N-methyl/N-ethyl adjacent to an activating group) is 2. The molecule has 4 rings (SSSR count). The Morgan fingerprint density at radius 2 is 1.65 bits per heavy atom. The summed E-state index contributed by atoms with van der Waals surface area (Å²) in [7, 11) is 5.04. The maximum atomic E-state index is 14.1. The van der Waals surface area contributed by atoms with Gasteiger partial charge in [0.05, 0.1) is 19.1 Å². The van der Waals surface area contributed by atoms with Crippen LogP contribution in [0.1, 0.15) is 100 Å². The van der Waals surface area contributed by atoms with Crippen molar-refractivity contribution >= 4 is 35.0 Å². The van der Waals surface area contributed by atoms with Gasteiger partial charge in [-0.2, -0.15) is 0 Å². The zero-order chi connectivity index (χ0) is 40.2. The smallest absolute Gasteiger partial charge is 0.308 e. The van der Waals surface area contributed by atoms with Crippen LogP contribution in [0.5, 0.6) is 0 Å². The molecule has 1 saturated heterocycles. The zero-order valence-electron chi connectivity index (χ0n) is 33.8. The highest BCUT2D eigenvalue weighted by Gasteiger charge is 2.36. The minimum atomic E-state index is -1.03. The summed E-state index contributed by atoms with van der Waals surface area (Å²) < 4.78 is 4.97. The van der Waals surface area contributed by atoms with Crippen molar-refractivity contribution in [3.63, 3.8) is 0 Å². The van der Waals surface area contributed by atoms with Gasteiger partial charge in [0.15, 0.2) is 0 Å². The lowest BCUT2D eigenvalue weighted by atomic mass is 9.92. The van der Waals surface area contributed by atoms with Gasteiger partial charge in [0.1, 0.15) is 22.8 Å². The number of thiazole rings is 1. The lowest BCUT2D eigenvalue weighted by Gasteiger charge is -2.38. The van der Waals surface area contributed by atoms with Gasteiger partial charge in [-0.25, -0.2) is 4.98 Å². The highest BCUT2D eigenvalue weighted by molar-refractivity contribution is 7.09. The summed E-state index contributed by atoms with van der Waals surface area (Å²) >= 11 is 1.19. The van der Waals surface area contributed by atoms with Crippen molar-refractivity contribution in [2.24, 2.45) is 17.8 Å². The average molecular weight is 776 g/mol. The van der Waals surface area contributed by atoms with Gasteiger partial charge in [0.2, 0.25) is 11.8 Å². The van der Waals surface area contributed by atoms with E-state index in [4.69, 9.17) is 4.74 Å². The Morgan fingerprint density at radius 1 is 0.982 bits per heavy atom. The van der Waals surface area contributed by atoms with Crippen molar-refractivity contribution in [3.8, 4) is 11.1 Å². The van der Waals surface area contributed by atoms with Crippen LogP contribution in [-0.4, -0.2) is 95.5 Å². The number of ether oxygens (including phenoxy) is 1. The fourth-order valence-electron chi connectivity index (χ4n) is 7.40. The molecule has 11 nitrogen and oxygen atoms in total. The summed E-state index contributed by atoms with van der Waals surface area (Å²) in [6.45, 7) is 10.6. The van der Waals surface area contributed by atoms with Gasteiger partial charge in [0.25, 0.3) is 5.91 Å². The first-order chi connectivity index (χ1) is 26.2. The van der Waals surface area contributed by atoms with Crippen molar-refractivity contribution in [1.29, 1.82) is 0 Å². The molecule has 12 heteroatoms. The first-order valence-electron chi connectivity index (χ1n) is 19.7. The van der Waals surface area contributed by atoms with E-state index in [2.05, 4.69) is 32.7 Å². The number of likely N-dealkylation sites (tertiary alicyclic amines) is 1. The van der Waals surface area contributed by atoms with E-state index in [1.54, 1.807) is 24.3 Å². The van der Waals surface area contributed by atoms with Crippen molar-refractivity contribution in [2.45, 2.75) is 110 Å². The average Bonchev–Trinajstić information content (AvgIpc) is 3.69. The number of benzene rings is 2. The molecule has 1 fully saturated rings. The Morgan fingerprint density at radius 3 is 2.27 bits per heavy atom. The van der Waals surface area contributed by atoms with E-state index in [1.807, 2.05) is 77.2 Å². The number of carbonyl (C=O) groups is 4. The van der Waals surface area contributed by atoms with Crippen LogP contribution in [0.4, 0.5) is 0 Å². The molecule has 0 aliphatic carbocycles. The number of amides is 3. The molecule has 1 aliphatic rings. The number of carbonyl (C=O) groups excluding carboxylic acids is 4. The summed E-state index contributed by atoms with van der Waals surface area (Å²) in [6.07, 6.45) is 3.56. The predicted molar refractivity (Wildman–Crippen MR) is 217 cm³/mol. The number of nitrogens with one attached hydrogen (secondary N) is 2. The van der Waals surface area contributed by atoms with E-state index in [-0.39, 0.29) is 59.9 Å². The van der Waals surface area contributed by atoms with Crippen LogP contribution < -0.4 is 10.6 Å². The summed E-state index contributed by atoms with van der Waals surface area (Å²) in [5.41, 5.74) is 3.37. The van der Waals surface area contributed by atoms with Gasteiger partial charge in [-0.1, -0.05) is 102 Å². The van der Waals surface area contributed by atoms with Crippen molar-refractivity contribution in [3.05, 3.63) is 76.2 Å². The first kappa shape index (κ1) is 43.6. The first-order valence-corrected chi connectivity index (χ1v) is 20.6. The molecule has 300 valence electrons. The number of nitrogens with zero attached hydrogens (tertiary/aromatic N) is 3. The predicted octanol–water partition coefficient (Wildman–Crippen LogP) is 6.27. The zero-order valence-corrected chi connectivity index (χ0v) is 34.6. The molecular formula is C43H61N5O6S. The third kappa shape index (κ3) is 11.9. The Hall–Kier alpha value is -4.13. The number of piperidine rings is 1. The van der Waals surface area contributed by atoms with Gasteiger partial charge < -0.3 is 25.4 Å². The number of aliphatic hydroxyl groups excluding tert-OH is 1. The van der Waals surface area contributed by atoms with E-state index in [9.17, 15) is 24.3 Å². The molecule has 2 unspecified atom stereocenters. The van der Waals surface area contributed by atoms with Crippen molar-refractivity contribution < 1.29 is 29.0 Å². The Bertz CT molecular complexity index is 1700. The topological polar surface area (TPSA) is 141 Å². The molecule has 1 aliphatic heterocycles. The number of esters is 1. The summed E-state index contributed by atoms with van der Waals surface area (Å²) in [4.78, 5) is 61.7. The second-order valence-corrected chi connectivity index (χ2v) is 16.4. The molecule has 0 spiro atoms.